The van der Waals surface area contributed by atoms with Crippen molar-refractivity contribution in [2.24, 2.45) is 0 Å². The Balaban J connectivity index is 0.000000909. The maximum absolute atomic E-state index is 4.94. The molecule has 0 atom stereocenters. The molecule has 0 aromatic heterocycles. The van der Waals surface area contributed by atoms with E-state index in [1.807, 2.05) is 0 Å². The Hall–Kier alpha value is -0.860. The fourth-order valence-electron chi connectivity index (χ4n) is 5.11. The van der Waals surface area contributed by atoms with E-state index >= 15 is 0 Å². The first-order chi connectivity index (χ1) is 20.1. The minimum atomic E-state index is -1.66. The second kappa shape index (κ2) is 18.7. The van der Waals surface area contributed by atoms with Crippen LogP contribution in [-0.4, -0.2) is 41.6 Å². The molecule has 0 nitrogen and oxygen atoms in total. The number of benzene rings is 5. The Morgan fingerprint density at radius 1 is 0.415 bits per heavy atom. The molecule has 0 aliphatic heterocycles. The van der Waals surface area contributed by atoms with Crippen LogP contribution in [-0.2, 0) is 13.0 Å². The van der Waals surface area contributed by atoms with Gasteiger partial charge < -0.3 is 0 Å². The fraction of sp³-hybridized carbons (Fsp3) is 0.118. The third-order valence-electron chi connectivity index (χ3n) is 7.02. The third-order valence-corrected chi connectivity index (χ3v) is 23.8. The summed E-state index contributed by atoms with van der Waals surface area (Å²) in [6.45, 7) is 0. The van der Waals surface area contributed by atoms with E-state index in [0.717, 1.165) is 0 Å². The molecule has 0 amide bonds. The van der Waals surface area contributed by atoms with Gasteiger partial charge in [-0.15, -0.1) is 0 Å². The molecule has 0 saturated heterocycles. The van der Waals surface area contributed by atoms with Gasteiger partial charge in [0.2, 0.25) is 0 Å². The second-order valence-corrected chi connectivity index (χ2v) is 30.7. The van der Waals surface area contributed by atoms with Gasteiger partial charge in [0.1, 0.15) is 0 Å². The van der Waals surface area contributed by atoms with E-state index in [1.54, 1.807) is 22.7 Å². The fourth-order valence-corrected chi connectivity index (χ4v) is 23.5. The van der Waals surface area contributed by atoms with Crippen LogP contribution in [0.3, 0.4) is 0 Å². The topological polar surface area (TPSA) is 0 Å². The summed E-state index contributed by atoms with van der Waals surface area (Å²) < 4.78 is 6.41. The van der Waals surface area contributed by atoms with Crippen LogP contribution in [0.25, 0.3) is 0 Å². The van der Waals surface area contributed by atoms with E-state index < -0.39 is 50.2 Å². The molecule has 41 heavy (non-hydrogen) atoms. The van der Waals surface area contributed by atoms with Gasteiger partial charge in [0.15, 0.2) is 0 Å². The molecule has 0 unspecified atom stereocenters. The van der Waals surface area contributed by atoms with E-state index in [4.69, 9.17) is 29.1 Å². The van der Waals surface area contributed by atoms with Crippen molar-refractivity contribution in [2.45, 2.75) is 10.4 Å². The van der Waals surface area contributed by atoms with E-state index in [-0.39, 0.29) is 0 Å². The average molecular weight is 835 g/mol. The van der Waals surface area contributed by atoms with Crippen LogP contribution in [0, 0.1) is 0 Å². The number of hydrogen-bond donors (Lipinski definition) is 0. The zero-order valence-electron chi connectivity index (χ0n) is 22.7. The zero-order valence-corrected chi connectivity index (χ0v) is 31.8. The van der Waals surface area contributed by atoms with Crippen molar-refractivity contribution in [1.82, 2.24) is 0 Å². The van der Waals surface area contributed by atoms with Gasteiger partial charge >= 0.3 is 276 Å². The molecule has 5 aromatic carbocycles. The number of halogens is 3. The first-order valence-electron chi connectivity index (χ1n) is 13.6. The van der Waals surface area contributed by atoms with Crippen LogP contribution in [0.5, 0.6) is 0 Å². The van der Waals surface area contributed by atoms with Crippen LogP contribution >= 0.6 is 37.0 Å². The van der Waals surface area contributed by atoms with E-state index in [2.05, 4.69) is 152 Å². The molecular weight excluding hydrogens is 798 g/mol. The molecular formula is C34H36As2Cl3PRh+. The monoisotopic (exact) mass is 833 g/mol. The van der Waals surface area contributed by atoms with Gasteiger partial charge in [0.25, 0.3) is 0 Å². The second-order valence-electron chi connectivity index (χ2n) is 9.53. The normalized spacial score (nSPS) is 11.3. The summed E-state index contributed by atoms with van der Waals surface area (Å²) in [5.41, 5.74) is 0. The molecule has 0 bridgehead atoms. The molecule has 2 radical (unpaired) electrons. The molecule has 0 fully saturated rings. The molecule has 0 aliphatic carbocycles. The molecule has 0 saturated carbocycles. The minimum absolute atomic E-state index is 0.657. The summed E-state index contributed by atoms with van der Waals surface area (Å²) in [7, 11) is 14.1. The molecule has 7 heteroatoms. The average Bonchev–Trinajstić information content (AvgIpc) is 3.02. The summed E-state index contributed by atoms with van der Waals surface area (Å²) in [4.78, 5) is 0. The van der Waals surface area contributed by atoms with Crippen molar-refractivity contribution in [3.05, 3.63) is 152 Å². The Bertz CT molecular complexity index is 1210. The summed E-state index contributed by atoms with van der Waals surface area (Å²) in [5.74, 6) is 0. The van der Waals surface area contributed by atoms with Gasteiger partial charge in [0.05, 0.1) is 0 Å². The van der Waals surface area contributed by atoms with Gasteiger partial charge in [-0.25, -0.2) is 0 Å². The van der Waals surface area contributed by atoms with Crippen LogP contribution in [0.2, 0.25) is 10.4 Å². The molecule has 0 N–H and O–H groups in total. The van der Waals surface area contributed by atoms with Gasteiger partial charge in [-0.2, -0.15) is 0 Å². The molecule has 216 valence electrons. The molecule has 0 heterocycles. The van der Waals surface area contributed by atoms with Crippen molar-refractivity contribution in [3.63, 3.8) is 0 Å². The van der Waals surface area contributed by atoms with Gasteiger partial charge in [-0.3, -0.25) is 0 Å². The third kappa shape index (κ3) is 11.3. The van der Waals surface area contributed by atoms with E-state index in [1.165, 1.54) is 22.7 Å². The van der Waals surface area contributed by atoms with Crippen molar-refractivity contribution in [1.29, 1.82) is 0 Å². The molecule has 0 spiro atoms. The molecule has 5 rings (SSSR count). The van der Waals surface area contributed by atoms with Crippen LogP contribution < -0.4 is 22.7 Å². The van der Waals surface area contributed by atoms with Crippen molar-refractivity contribution < 1.29 is 13.0 Å². The maximum atomic E-state index is 4.94. The van der Waals surface area contributed by atoms with E-state index in [9.17, 15) is 0 Å². The number of rotatable bonds is 11. The summed E-state index contributed by atoms with van der Waals surface area (Å²) >= 11 is -4.86. The molecule has 5 aromatic rings. The van der Waals surface area contributed by atoms with Crippen LogP contribution in [0.15, 0.2) is 152 Å². The summed E-state index contributed by atoms with van der Waals surface area (Å²) in [5, 5.41) is 4.34. The Morgan fingerprint density at radius 3 is 0.927 bits per heavy atom. The predicted octanol–water partition coefficient (Wildman–Crippen LogP) is 6.68. The van der Waals surface area contributed by atoms with Gasteiger partial charge in [-0.05, 0) is 0 Å². The summed E-state index contributed by atoms with van der Waals surface area (Å²) in [6, 6.07) is 57.0. The first kappa shape index (κ1) is 33.0. The van der Waals surface area contributed by atoms with Gasteiger partial charge in [0, 0.05) is 0 Å². The zero-order chi connectivity index (χ0) is 28.7. The van der Waals surface area contributed by atoms with Gasteiger partial charge in [-0.1, -0.05) is 0 Å². The Kier molecular flexibility index (Phi) is 15.1. The quantitative estimate of drug-likeness (QED) is 0.103. The SMILES string of the molecule is [Cl][Rh]([Cl])[Cl].c1ccc([PH+](CC[AsH](c2ccccc2)c2ccccc2)CC[AsH](c2ccccc2)c2ccccc2)cc1. The summed E-state index contributed by atoms with van der Waals surface area (Å²) in [6.07, 6.45) is 2.73. The molecule has 0 aliphatic rings. The van der Waals surface area contributed by atoms with Crippen molar-refractivity contribution in [2.75, 3.05) is 12.3 Å². The Morgan fingerprint density at radius 2 is 0.659 bits per heavy atom. The first-order valence-corrected chi connectivity index (χ1v) is 29.0. The standard InChI is InChI=1S/C34H35As2P.3ClH.Rh/c1-6-16-30(17-7-1)35(31-18-8-2-9-19-31)26-28-37(34-24-14-5-15-25-34)29-27-36(32-20-10-3-11-21-32)33-22-12-4-13-23-33;;;;/h1-25,35-36H,26-29H2;3*1H;/q;;;;+3/p-2. The van der Waals surface area contributed by atoms with E-state index in [0.29, 0.717) is 0 Å². The van der Waals surface area contributed by atoms with Crippen LogP contribution in [0.4, 0.5) is 0 Å². The number of hydrogen-bond acceptors (Lipinski definition) is 0. The van der Waals surface area contributed by atoms with Crippen molar-refractivity contribution >= 4 is 89.0 Å². The van der Waals surface area contributed by atoms with Crippen LogP contribution in [0.1, 0.15) is 0 Å². The van der Waals surface area contributed by atoms with Crippen molar-refractivity contribution in [3.8, 4) is 0 Å². The predicted molar refractivity (Wildman–Crippen MR) is 190 cm³/mol. The Labute approximate surface area is 273 Å².